The van der Waals surface area contributed by atoms with Gasteiger partial charge in [-0.1, -0.05) is 26.7 Å². The van der Waals surface area contributed by atoms with E-state index in [4.69, 9.17) is 24.2 Å². The minimum Gasteiger partial charge on any atom is -0.462 e. The van der Waals surface area contributed by atoms with Gasteiger partial charge in [0.15, 0.2) is 6.10 Å². The first kappa shape index (κ1) is 26.0. The third-order valence-corrected chi connectivity index (χ3v) is 4.18. The smallest absolute Gasteiger partial charge is 0.462 e. The first-order chi connectivity index (χ1) is 12.7. The molecule has 0 spiro atoms. The van der Waals surface area contributed by atoms with Gasteiger partial charge in [-0.15, -0.1) is 0 Å². The summed E-state index contributed by atoms with van der Waals surface area (Å²) in [6.45, 7) is 1.66. The van der Waals surface area contributed by atoms with Crippen LogP contribution in [0.15, 0.2) is 0 Å². The fourth-order valence-corrected chi connectivity index (χ4v) is 2.58. The molecule has 0 heterocycles. The van der Waals surface area contributed by atoms with Gasteiger partial charge in [-0.2, -0.15) is 0 Å². The van der Waals surface area contributed by atoms with Gasteiger partial charge >= 0.3 is 19.8 Å². The average Bonchev–Trinajstić information content (AvgIpc) is 2.62. The van der Waals surface area contributed by atoms with Crippen LogP contribution in [0.25, 0.3) is 0 Å². The fraction of sp³-hybridized carbons (Fsp3) is 0.875. The molecule has 0 saturated carbocycles. The summed E-state index contributed by atoms with van der Waals surface area (Å²) in [5.74, 6) is -1.02. The second-order valence-corrected chi connectivity index (χ2v) is 7.35. The molecule has 0 bridgehead atoms. The number of phosphoric ester groups is 1. The van der Waals surface area contributed by atoms with Gasteiger partial charge in [0.25, 0.3) is 0 Å². The molecule has 1 unspecified atom stereocenters. The zero-order valence-corrected chi connectivity index (χ0v) is 16.8. The molecule has 11 heteroatoms. The average molecular weight is 414 g/mol. The van der Waals surface area contributed by atoms with Crippen molar-refractivity contribution in [1.29, 1.82) is 0 Å². The highest BCUT2D eigenvalue weighted by molar-refractivity contribution is 7.47. The van der Waals surface area contributed by atoms with Gasteiger partial charge in [0, 0.05) is 12.8 Å². The topological polar surface area (TPSA) is 149 Å². The van der Waals surface area contributed by atoms with Gasteiger partial charge in [-0.3, -0.25) is 18.6 Å². The van der Waals surface area contributed by atoms with Crippen molar-refractivity contribution in [3.05, 3.63) is 0 Å². The predicted molar refractivity (Wildman–Crippen MR) is 94.7 cm³/mol. The molecule has 0 fully saturated rings. The highest BCUT2D eigenvalue weighted by atomic mass is 31.2. The molecule has 0 aliphatic carbocycles. The van der Waals surface area contributed by atoms with Crippen LogP contribution in [0.4, 0.5) is 0 Å². The normalized spacial score (nSPS) is 15.6. The van der Waals surface area contributed by atoms with Crippen molar-refractivity contribution >= 4 is 19.8 Å². The largest absolute Gasteiger partial charge is 0.472 e. The van der Waals surface area contributed by atoms with Crippen molar-refractivity contribution in [3.8, 4) is 0 Å². The first-order valence-corrected chi connectivity index (χ1v) is 10.5. The van der Waals surface area contributed by atoms with Crippen molar-refractivity contribution in [3.63, 3.8) is 0 Å². The molecule has 0 rings (SSSR count). The number of hydrogen-bond donors (Lipinski definition) is 3. The number of phosphoric acid groups is 1. The number of hydrogen-bond acceptors (Lipinski definition) is 9. The Labute approximate surface area is 159 Å². The second-order valence-electron chi connectivity index (χ2n) is 5.90. The van der Waals surface area contributed by atoms with Crippen molar-refractivity contribution in [2.45, 2.75) is 64.6 Å². The summed E-state index contributed by atoms with van der Waals surface area (Å²) in [4.78, 5) is 32.8. The Hall–Kier alpha value is -1.03. The quantitative estimate of drug-likeness (QED) is 0.192. The van der Waals surface area contributed by atoms with Gasteiger partial charge in [0.1, 0.15) is 12.7 Å². The lowest BCUT2D eigenvalue weighted by Crippen LogP contribution is -2.29. The number of carbonyl (C=O) groups excluding carboxylic acids is 2. The number of esters is 2. The summed E-state index contributed by atoms with van der Waals surface area (Å²) in [7, 11) is -4.54. The van der Waals surface area contributed by atoms with Gasteiger partial charge in [-0.25, -0.2) is 4.57 Å². The van der Waals surface area contributed by atoms with Crippen LogP contribution in [0.1, 0.15) is 52.4 Å². The molecule has 10 nitrogen and oxygen atoms in total. The second kappa shape index (κ2) is 15.0. The predicted octanol–water partition coefficient (Wildman–Crippen LogP) is 1.31. The number of rotatable bonds is 16. The molecular weight excluding hydrogens is 383 g/mol. The minimum absolute atomic E-state index is 0.136. The summed E-state index contributed by atoms with van der Waals surface area (Å²) >= 11 is 0. The van der Waals surface area contributed by atoms with Gasteiger partial charge in [0.05, 0.1) is 19.8 Å². The number of aliphatic hydroxyl groups is 2. The van der Waals surface area contributed by atoms with E-state index in [0.29, 0.717) is 12.8 Å². The number of ether oxygens (including phenoxy) is 2. The van der Waals surface area contributed by atoms with Crippen LogP contribution in [-0.2, 0) is 32.7 Å². The Morgan fingerprint density at radius 1 is 0.963 bits per heavy atom. The first-order valence-electron chi connectivity index (χ1n) is 8.99. The van der Waals surface area contributed by atoms with Crippen LogP contribution in [0.3, 0.4) is 0 Å². The summed E-state index contributed by atoms with van der Waals surface area (Å²) in [6, 6.07) is 0. The lowest BCUT2D eigenvalue weighted by molar-refractivity contribution is -0.161. The van der Waals surface area contributed by atoms with E-state index in [1.165, 1.54) is 0 Å². The van der Waals surface area contributed by atoms with Crippen LogP contribution in [0.2, 0.25) is 0 Å². The Bertz CT molecular complexity index is 470. The molecule has 0 aromatic carbocycles. The van der Waals surface area contributed by atoms with Crippen molar-refractivity contribution in [2.24, 2.45) is 0 Å². The number of aliphatic hydroxyl groups excluding tert-OH is 2. The molecule has 0 aliphatic heterocycles. The molecule has 0 aromatic heterocycles. The van der Waals surface area contributed by atoms with E-state index < -0.39 is 51.8 Å². The zero-order valence-electron chi connectivity index (χ0n) is 15.9. The lowest BCUT2D eigenvalue weighted by atomic mass is 10.2. The minimum atomic E-state index is -4.54. The third kappa shape index (κ3) is 14.7. The Morgan fingerprint density at radius 3 is 2.22 bits per heavy atom. The molecule has 3 atom stereocenters. The SMILES string of the molecule is CCCCCC(=O)OC[C@H](COP(=O)(O)OC[C@@H](O)CO)OC(=O)CCC. The van der Waals surface area contributed by atoms with E-state index in [-0.39, 0.29) is 19.4 Å². The fourth-order valence-electron chi connectivity index (χ4n) is 1.79. The van der Waals surface area contributed by atoms with Gasteiger partial charge in [-0.05, 0) is 12.8 Å². The highest BCUT2D eigenvalue weighted by Crippen LogP contribution is 2.43. The highest BCUT2D eigenvalue weighted by Gasteiger charge is 2.26. The molecule has 27 heavy (non-hydrogen) atoms. The molecule has 0 saturated heterocycles. The zero-order chi connectivity index (χ0) is 20.7. The standard InChI is InChI=1S/C16H31O10P/c1-3-5-6-8-15(19)23-11-14(26-16(20)7-4-2)12-25-27(21,22)24-10-13(18)9-17/h13-14,17-18H,3-12H2,1-2H3,(H,21,22)/t13-,14+/m0/s1. The van der Waals surface area contributed by atoms with Crippen LogP contribution in [0, 0.1) is 0 Å². The van der Waals surface area contributed by atoms with Crippen molar-refractivity contribution in [1.82, 2.24) is 0 Å². The summed E-state index contributed by atoms with van der Waals surface area (Å²) in [6.07, 6.45) is 1.01. The number of carbonyl (C=O) groups is 2. The van der Waals surface area contributed by atoms with Crippen LogP contribution < -0.4 is 0 Å². The molecule has 0 aromatic rings. The van der Waals surface area contributed by atoms with E-state index in [9.17, 15) is 19.0 Å². The molecule has 0 radical (unpaired) electrons. The Morgan fingerprint density at radius 2 is 1.63 bits per heavy atom. The van der Waals surface area contributed by atoms with Crippen molar-refractivity contribution in [2.75, 3.05) is 26.4 Å². The molecular formula is C16H31O10P. The maximum absolute atomic E-state index is 11.7. The van der Waals surface area contributed by atoms with Gasteiger partial charge in [0.2, 0.25) is 0 Å². The van der Waals surface area contributed by atoms with Crippen LogP contribution in [0.5, 0.6) is 0 Å². The summed E-state index contributed by atoms with van der Waals surface area (Å²) < 4.78 is 31.1. The van der Waals surface area contributed by atoms with Gasteiger partial charge < -0.3 is 24.6 Å². The molecule has 3 N–H and O–H groups in total. The maximum atomic E-state index is 11.7. The number of unbranched alkanes of at least 4 members (excludes halogenated alkanes) is 2. The van der Waals surface area contributed by atoms with E-state index >= 15 is 0 Å². The van der Waals surface area contributed by atoms with Crippen LogP contribution in [-0.4, -0.2) is 65.7 Å². The van der Waals surface area contributed by atoms with E-state index in [1.54, 1.807) is 6.92 Å². The Balaban J connectivity index is 4.54. The third-order valence-electron chi connectivity index (χ3n) is 3.23. The van der Waals surface area contributed by atoms with Crippen LogP contribution >= 0.6 is 7.82 Å². The lowest BCUT2D eigenvalue weighted by Gasteiger charge is -2.20. The summed E-state index contributed by atoms with van der Waals surface area (Å²) in [5.41, 5.74) is 0. The maximum Gasteiger partial charge on any atom is 0.472 e. The van der Waals surface area contributed by atoms with Crippen molar-refractivity contribution < 1.29 is 47.8 Å². The molecule has 160 valence electrons. The molecule has 0 amide bonds. The Kier molecular flexibility index (Phi) is 14.4. The molecule has 0 aliphatic rings. The monoisotopic (exact) mass is 414 g/mol. The summed E-state index contributed by atoms with van der Waals surface area (Å²) in [5, 5.41) is 17.8. The van der Waals surface area contributed by atoms with E-state index in [1.807, 2.05) is 6.92 Å². The van der Waals surface area contributed by atoms with E-state index in [0.717, 1.165) is 12.8 Å². The van der Waals surface area contributed by atoms with E-state index in [2.05, 4.69) is 4.52 Å².